The second kappa shape index (κ2) is 6.73. The van der Waals surface area contributed by atoms with E-state index < -0.39 is 5.66 Å². The fraction of sp³-hybridized carbons (Fsp3) is 0.381. The van der Waals surface area contributed by atoms with Crippen LogP contribution in [0.3, 0.4) is 0 Å². The average Bonchev–Trinajstić information content (AvgIpc) is 2.63. The van der Waals surface area contributed by atoms with Gasteiger partial charge in [0.15, 0.2) is 0 Å². The minimum Gasteiger partial charge on any atom is -0.369 e. The molecule has 0 bridgehead atoms. The predicted octanol–water partition coefficient (Wildman–Crippen LogP) is 3.90. The zero-order valence-electron chi connectivity index (χ0n) is 16.0. The van der Waals surface area contributed by atoms with Crippen molar-refractivity contribution in [1.29, 1.82) is 0 Å². The van der Waals surface area contributed by atoms with E-state index in [1.54, 1.807) is 4.90 Å². The summed E-state index contributed by atoms with van der Waals surface area (Å²) in [6, 6.07) is 13.6. The number of fused-ring (bicyclic) bond motifs is 1. The number of rotatable bonds is 2. The molecule has 142 valence electrons. The van der Waals surface area contributed by atoms with Gasteiger partial charge in [-0.1, -0.05) is 23.7 Å². The second-order valence-electron chi connectivity index (χ2n) is 7.80. The summed E-state index contributed by atoms with van der Waals surface area (Å²) in [5.41, 5.74) is 2.79. The lowest BCUT2D eigenvalue weighted by Gasteiger charge is -2.44. The third-order valence-corrected chi connectivity index (χ3v) is 5.72. The van der Waals surface area contributed by atoms with Gasteiger partial charge in [0.2, 0.25) is 0 Å². The predicted molar refractivity (Wildman–Crippen MR) is 112 cm³/mol. The van der Waals surface area contributed by atoms with Gasteiger partial charge in [-0.3, -0.25) is 9.69 Å². The van der Waals surface area contributed by atoms with Crippen molar-refractivity contribution in [3.8, 4) is 0 Å². The van der Waals surface area contributed by atoms with Crippen LogP contribution < -0.4 is 15.1 Å². The number of carbonyl (C=O) groups excluding carboxylic acids is 1. The fourth-order valence-electron chi connectivity index (χ4n) is 3.88. The number of hydrogen-bond acceptors (Lipinski definition) is 4. The summed E-state index contributed by atoms with van der Waals surface area (Å²) in [6.45, 7) is 7.98. The standard InChI is InChI=1S/C21H25ClN4O/c1-21(2)23-18-9-8-15(25-12-10-24(3)11-13-25)14-16(18)20(27)26(21)19-7-5-4-6-17(19)22/h4-9,14,23H,10-13H2,1-3H3. The molecule has 1 fully saturated rings. The van der Waals surface area contributed by atoms with Crippen molar-refractivity contribution >= 4 is 34.6 Å². The lowest BCUT2D eigenvalue weighted by Crippen LogP contribution is -2.56. The smallest absolute Gasteiger partial charge is 0.262 e. The molecule has 2 aromatic rings. The number of piperazine rings is 1. The van der Waals surface area contributed by atoms with Gasteiger partial charge >= 0.3 is 0 Å². The summed E-state index contributed by atoms with van der Waals surface area (Å²) >= 11 is 6.41. The average molecular weight is 385 g/mol. The molecule has 2 heterocycles. The van der Waals surface area contributed by atoms with Crippen LogP contribution in [-0.4, -0.2) is 49.7 Å². The summed E-state index contributed by atoms with van der Waals surface area (Å²) < 4.78 is 0. The van der Waals surface area contributed by atoms with E-state index in [-0.39, 0.29) is 5.91 Å². The molecule has 0 radical (unpaired) electrons. The van der Waals surface area contributed by atoms with Crippen molar-refractivity contribution in [2.24, 2.45) is 0 Å². The number of nitrogens with one attached hydrogen (secondary N) is 1. The number of para-hydroxylation sites is 1. The quantitative estimate of drug-likeness (QED) is 0.852. The first-order valence-corrected chi connectivity index (χ1v) is 9.69. The van der Waals surface area contributed by atoms with Crippen molar-refractivity contribution in [2.45, 2.75) is 19.5 Å². The van der Waals surface area contributed by atoms with Gasteiger partial charge in [-0.05, 0) is 51.2 Å². The Morgan fingerprint density at radius 2 is 1.74 bits per heavy atom. The number of nitrogens with zero attached hydrogens (tertiary/aromatic N) is 3. The lowest BCUT2D eigenvalue weighted by atomic mass is 10.00. The van der Waals surface area contributed by atoms with Crippen molar-refractivity contribution < 1.29 is 4.79 Å². The molecule has 27 heavy (non-hydrogen) atoms. The van der Waals surface area contributed by atoms with Crippen LogP contribution in [-0.2, 0) is 0 Å². The van der Waals surface area contributed by atoms with E-state index in [9.17, 15) is 4.79 Å². The molecule has 0 unspecified atom stereocenters. The summed E-state index contributed by atoms with van der Waals surface area (Å²) in [4.78, 5) is 19.9. The van der Waals surface area contributed by atoms with Gasteiger partial charge in [0.05, 0.1) is 16.3 Å². The van der Waals surface area contributed by atoms with Crippen molar-refractivity contribution in [2.75, 3.05) is 48.3 Å². The Morgan fingerprint density at radius 1 is 1.04 bits per heavy atom. The zero-order chi connectivity index (χ0) is 19.2. The molecule has 2 aromatic carbocycles. The van der Waals surface area contributed by atoms with Crippen molar-refractivity contribution in [3.05, 3.63) is 53.1 Å². The highest BCUT2D eigenvalue weighted by molar-refractivity contribution is 6.34. The fourth-order valence-corrected chi connectivity index (χ4v) is 4.10. The molecule has 1 amide bonds. The third kappa shape index (κ3) is 3.26. The molecular formula is C21H25ClN4O. The Kier molecular flexibility index (Phi) is 4.52. The molecular weight excluding hydrogens is 360 g/mol. The molecule has 0 spiro atoms. The molecule has 0 saturated carbocycles. The van der Waals surface area contributed by atoms with Crippen LogP contribution in [0, 0.1) is 0 Å². The van der Waals surface area contributed by atoms with Gasteiger partial charge in [-0.15, -0.1) is 0 Å². The van der Waals surface area contributed by atoms with Crippen LogP contribution in [0.1, 0.15) is 24.2 Å². The first kappa shape index (κ1) is 18.1. The van der Waals surface area contributed by atoms with E-state index in [2.05, 4.69) is 28.2 Å². The van der Waals surface area contributed by atoms with Crippen LogP contribution in [0.5, 0.6) is 0 Å². The number of benzene rings is 2. The number of hydrogen-bond donors (Lipinski definition) is 1. The molecule has 6 heteroatoms. The minimum absolute atomic E-state index is 0.0298. The van der Waals surface area contributed by atoms with Crippen LogP contribution in [0.4, 0.5) is 17.1 Å². The van der Waals surface area contributed by atoms with Crippen LogP contribution in [0.15, 0.2) is 42.5 Å². The van der Waals surface area contributed by atoms with E-state index in [1.165, 1.54) is 0 Å². The largest absolute Gasteiger partial charge is 0.369 e. The number of halogens is 1. The summed E-state index contributed by atoms with van der Waals surface area (Å²) in [5.74, 6) is -0.0298. The highest BCUT2D eigenvalue weighted by Crippen LogP contribution is 2.39. The number of anilines is 3. The maximum atomic E-state index is 13.5. The van der Waals surface area contributed by atoms with Crippen LogP contribution >= 0.6 is 11.6 Å². The third-order valence-electron chi connectivity index (χ3n) is 5.40. The van der Waals surface area contributed by atoms with E-state index in [4.69, 9.17) is 11.6 Å². The Morgan fingerprint density at radius 3 is 2.44 bits per heavy atom. The summed E-state index contributed by atoms with van der Waals surface area (Å²) in [6.07, 6.45) is 0. The lowest BCUT2D eigenvalue weighted by molar-refractivity contribution is 0.0961. The summed E-state index contributed by atoms with van der Waals surface area (Å²) in [5, 5.41) is 4.07. The molecule has 0 aliphatic carbocycles. The molecule has 1 N–H and O–H groups in total. The summed E-state index contributed by atoms with van der Waals surface area (Å²) in [7, 11) is 2.14. The molecule has 0 aromatic heterocycles. The Bertz CT molecular complexity index is 874. The topological polar surface area (TPSA) is 38.8 Å². The van der Waals surface area contributed by atoms with E-state index >= 15 is 0 Å². The van der Waals surface area contributed by atoms with Gasteiger partial charge in [-0.2, -0.15) is 0 Å². The van der Waals surface area contributed by atoms with Crippen LogP contribution in [0.2, 0.25) is 5.02 Å². The van der Waals surface area contributed by atoms with Gasteiger partial charge in [0.25, 0.3) is 5.91 Å². The maximum absolute atomic E-state index is 13.5. The van der Waals surface area contributed by atoms with Crippen LogP contribution in [0.25, 0.3) is 0 Å². The Balaban J connectivity index is 1.72. The molecule has 2 aliphatic rings. The van der Waals surface area contributed by atoms with Gasteiger partial charge < -0.3 is 15.1 Å². The minimum atomic E-state index is -0.579. The molecule has 0 atom stereocenters. The van der Waals surface area contributed by atoms with Gasteiger partial charge in [-0.25, -0.2) is 0 Å². The Hall–Kier alpha value is -2.24. The van der Waals surface area contributed by atoms with Gasteiger partial charge in [0, 0.05) is 37.6 Å². The highest BCUT2D eigenvalue weighted by Gasteiger charge is 2.39. The SMILES string of the molecule is CN1CCN(c2ccc3c(c2)C(=O)N(c2ccccc2Cl)C(C)(C)N3)CC1. The number of amides is 1. The number of likely N-dealkylation sites (N-methyl/N-ethyl adjacent to an activating group) is 1. The maximum Gasteiger partial charge on any atom is 0.262 e. The highest BCUT2D eigenvalue weighted by atomic mass is 35.5. The first-order valence-electron chi connectivity index (χ1n) is 9.32. The first-order chi connectivity index (χ1) is 12.9. The van der Waals surface area contributed by atoms with E-state index in [0.717, 1.165) is 43.2 Å². The molecule has 1 saturated heterocycles. The zero-order valence-corrected chi connectivity index (χ0v) is 16.8. The molecule has 2 aliphatic heterocycles. The Labute approximate surface area is 165 Å². The second-order valence-corrected chi connectivity index (χ2v) is 8.20. The molecule has 4 rings (SSSR count). The normalized spacial score (nSPS) is 19.6. The molecule has 5 nitrogen and oxygen atoms in total. The van der Waals surface area contributed by atoms with E-state index in [0.29, 0.717) is 10.6 Å². The monoisotopic (exact) mass is 384 g/mol. The van der Waals surface area contributed by atoms with Gasteiger partial charge in [0.1, 0.15) is 5.66 Å². The number of carbonyl (C=O) groups is 1. The van der Waals surface area contributed by atoms with E-state index in [1.807, 2.05) is 50.2 Å². The van der Waals surface area contributed by atoms with Crippen molar-refractivity contribution in [1.82, 2.24) is 4.90 Å². The van der Waals surface area contributed by atoms with Crippen molar-refractivity contribution in [3.63, 3.8) is 0 Å².